The van der Waals surface area contributed by atoms with E-state index in [1.807, 2.05) is 0 Å². The Kier molecular flexibility index (Phi) is 4.24. The highest BCUT2D eigenvalue weighted by atomic mass is 35.5. The van der Waals surface area contributed by atoms with Crippen LogP contribution in [0, 0.1) is 0 Å². The van der Waals surface area contributed by atoms with Gasteiger partial charge in [0.05, 0.1) is 0 Å². The van der Waals surface area contributed by atoms with E-state index < -0.39 is 18.2 Å². The van der Waals surface area contributed by atoms with E-state index in [0.717, 1.165) is 0 Å². The fraction of sp³-hybridized carbons (Fsp3) is 0.200. The average molecular weight is 179 g/mol. The van der Waals surface area contributed by atoms with Crippen molar-refractivity contribution in [2.45, 2.75) is 0 Å². The highest BCUT2D eigenvalue weighted by Gasteiger charge is 2.00. The molecule has 0 bridgehead atoms. The van der Waals surface area contributed by atoms with Gasteiger partial charge in [-0.25, -0.2) is 4.99 Å². The lowest BCUT2D eigenvalue weighted by Crippen LogP contribution is -1.94. The monoisotopic (exact) mass is 178 g/mol. The van der Waals surface area contributed by atoms with Crippen LogP contribution >= 0.6 is 11.6 Å². The Morgan fingerprint density at radius 3 is 2.36 bits per heavy atom. The highest BCUT2D eigenvalue weighted by Crippen LogP contribution is 2.00. The average Bonchev–Trinajstić information content (AvgIpc) is 2.02. The predicted molar refractivity (Wildman–Crippen MR) is 42.2 cm³/mol. The maximum absolute atomic E-state index is 8.73. The molecule has 0 rings (SSSR count). The summed E-state index contributed by atoms with van der Waals surface area (Å²) in [6, 6.07) is 0. The number of amidine groups is 1. The van der Waals surface area contributed by atoms with Crippen molar-refractivity contribution in [3.05, 3.63) is 11.6 Å². The van der Waals surface area contributed by atoms with E-state index in [-0.39, 0.29) is 5.29 Å². The van der Waals surface area contributed by atoms with Crippen molar-refractivity contribution in [2.24, 2.45) is 9.98 Å². The summed E-state index contributed by atoms with van der Waals surface area (Å²) in [5.74, 6) is -1.45. The molecule has 0 amide bonds. The summed E-state index contributed by atoms with van der Waals surface area (Å²) in [4.78, 5) is 6.27. The van der Waals surface area contributed by atoms with Crippen LogP contribution in [0.1, 0.15) is 0 Å². The Hall–Kier alpha value is -1.07. The number of aliphatic imine (C=N–C) groups is 2. The van der Waals surface area contributed by atoms with Crippen LogP contribution in [0.2, 0.25) is 0 Å². The number of halogens is 1. The van der Waals surface area contributed by atoms with Gasteiger partial charge in [-0.1, -0.05) is 0 Å². The van der Waals surface area contributed by atoms with Gasteiger partial charge < -0.3 is 15.3 Å². The van der Waals surface area contributed by atoms with Gasteiger partial charge in [-0.3, -0.25) is 0 Å². The van der Waals surface area contributed by atoms with Gasteiger partial charge in [-0.2, -0.15) is 4.99 Å². The Balaban J connectivity index is 4.49. The quantitative estimate of drug-likeness (QED) is 0.250. The molecule has 0 aliphatic carbocycles. The third-order valence-corrected chi connectivity index (χ3v) is 0.941. The molecule has 0 aliphatic heterocycles. The molecule has 0 saturated heterocycles. The standard InChI is InChI=1S/C5H7ClN2O3/c1-7-5(6)8-4(11)3(10)2-9/h9-11H,1-2H2/b4-3-,8-5-. The van der Waals surface area contributed by atoms with Crippen molar-refractivity contribution in [1.29, 1.82) is 0 Å². The molecule has 0 radical (unpaired) electrons. The van der Waals surface area contributed by atoms with E-state index in [2.05, 4.69) is 16.7 Å². The second kappa shape index (κ2) is 4.70. The summed E-state index contributed by atoms with van der Waals surface area (Å²) in [6.45, 7) is 2.30. The van der Waals surface area contributed by atoms with Crippen molar-refractivity contribution >= 4 is 23.6 Å². The first-order valence-corrected chi connectivity index (χ1v) is 2.92. The molecule has 0 aromatic carbocycles. The van der Waals surface area contributed by atoms with Crippen molar-refractivity contribution in [3.63, 3.8) is 0 Å². The number of rotatable bonds is 2. The topological polar surface area (TPSA) is 85.4 Å². The fourth-order valence-electron chi connectivity index (χ4n) is 0.258. The molecule has 3 N–H and O–H groups in total. The molecule has 0 saturated carbocycles. The third kappa shape index (κ3) is 3.59. The van der Waals surface area contributed by atoms with Gasteiger partial charge >= 0.3 is 0 Å². The van der Waals surface area contributed by atoms with Crippen LogP contribution in [-0.4, -0.2) is 33.9 Å². The van der Waals surface area contributed by atoms with Gasteiger partial charge in [-0.05, 0) is 18.3 Å². The Morgan fingerprint density at radius 2 is 2.00 bits per heavy atom. The highest BCUT2D eigenvalue weighted by molar-refractivity contribution is 6.65. The van der Waals surface area contributed by atoms with Crippen LogP contribution in [0.4, 0.5) is 0 Å². The zero-order valence-electron chi connectivity index (χ0n) is 5.53. The predicted octanol–water partition coefficient (Wildman–Crippen LogP) is 0.559. The van der Waals surface area contributed by atoms with Crippen molar-refractivity contribution in [1.82, 2.24) is 0 Å². The van der Waals surface area contributed by atoms with Crippen molar-refractivity contribution in [3.8, 4) is 0 Å². The molecule has 6 heteroatoms. The zero-order valence-corrected chi connectivity index (χ0v) is 6.28. The van der Waals surface area contributed by atoms with Crippen LogP contribution in [0.3, 0.4) is 0 Å². The van der Waals surface area contributed by atoms with Crippen LogP contribution in [0.5, 0.6) is 0 Å². The Labute approximate surface area is 68.0 Å². The van der Waals surface area contributed by atoms with Gasteiger partial charge in [0.25, 0.3) is 5.88 Å². The maximum atomic E-state index is 8.73. The normalized spacial score (nSPS) is 14.2. The van der Waals surface area contributed by atoms with Gasteiger partial charge in [0.2, 0.25) is 5.29 Å². The van der Waals surface area contributed by atoms with Gasteiger partial charge in [0.15, 0.2) is 5.76 Å². The number of hydrogen-bond acceptors (Lipinski definition) is 4. The third-order valence-electron chi connectivity index (χ3n) is 0.737. The van der Waals surface area contributed by atoms with Crippen LogP contribution < -0.4 is 0 Å². The lowest BCUT2D eigenvalue weighted by Gasteiger charge is -1.94. The van der Waals surface area contributed by atoms with E-state index in [9.17, 15) is 0 Å². The first-order valence-electron chi connectivity index (χ1n) is 2.54. The van der Waals surface area contributed by atoms with E-state index in [1.54, 1.807) is 0 Å². The smallest absolute Gasteiger partial charge is 0.255 e. The largest absolute Gasteiger partial charge is 0.505 e. The molecule has 62 valence electrons. The first kappa shape index (κ1) is 9.93. The molecule has 0 heterocycles. The van der Waals surface area contributed by atoms with Crippen molar-refractivity contribution < 1.29 is 15.3 Å². The molecule has 0 aromatic heterocycles. The first-order chi connectivity index (χ1) is 5.11. The summed E-state index contributed by atoms with van der Waals surface area (Å²) < 4.78 is 0. The summed E-state index contributed by atoms with van der Waals surface area (Å²) in [7, 11) is 0. The lowest BCUT2D eigenvalue weighted by atomic mass is 10.5. The molecule has 0 fully saturated rings. The summed E-state index contributed by atoms with van der Waals surface area (Å²) >= 11 is 5.20. The fourth-order valence-corrected chi connectivity index (χ4v) is 0.338. The number of aliphatic hydroxyl groups is 3. The van der Waals surface area contributed by atoms with Gasteiger partial charge in [0, 0.05) is 0 Å². The van der Waals surface area contributed by atoms with Crippen LogP contribution in [-0.2, 0) is 0 Å². The maximum Gasteiger partial charge on any atom is 0.255 e. The SMILES string of the molecule is C=N/C(Cl)=N\C(O)=C(\O)CO. The minimum Gasteiger partial charge on any atom is -0.505 e. The molecule has 0 atom stereocenters. The van der Waals surface area contributed by atoms with E-state index in [0.29, 0.717) is 0 Å². The molecule has 0 aliphatic rings. The zero-order chi connectivity index (χ0) is 8.85. The lowest BCUT2D eigenvalue weighted by molar-refractivity contribution is 0.227. The van der Waals surface area contributed by atoms with Crippen LogP contribution in [0.15, 0.2) is 21.6 Å². The van der Waals surface area contributed by atoms with Crippen molar-refractivity contribution in [2.75, 3.05) is 6.61 Å². The second-order valence-electron chi connectivity index (χ2n) is 1.47. The molecular formula is C5H7ClN2O3. The summed E-state index contributed by atoms with van der Waals surface area (Å²) in [5.41, 5.74) is 0. The molecule has 11 heavy (non-hydrogen) atoms. The minimum atomic E-state index is -0.773. The second-order valence-corrected chi connectivity index (χ2v) is 1.81. The van der Waals surface area contributed by atoms with E-state index in [4.69, 9.17) is 26.9 Å². The number of aliphatic hydroxyl groups excluding tert-OH is 3. The summed E-state index contributed by atoms with van der Waals surface area (Å²) in [5, 5.41) is 25.3. The molecule has 5 nitrogen and oxygen atoms in total. The Morgan fingerprint density at radius 1 is 1.45 bits per heavy atom. The van der Waals surface area contributed by atoms with Crippen LogP contribution in [0.25, 0.3) is 0 Å². The molecule has 0 spiro atoms. The minimum absolute atomic E-state index is 0.317. The van der Waals surface area contributed by atoms with Gasteiger partial charge in [0.1, 0.15) is 6.61 Å². The molecule has 0 aromatic rings. The Bertz CT molecular complexity index is 212. The molecule has 0 unspecified atom stereocenters. The molecular weight excluding hydrogens is 172 g/mol. The van der Waals surface area contributed by atoms with E-state index >= 15 is 0 Å². The number of nitrogens with zero attached hydrogens (tertiary/aromatic N) is 2. The van der Waals surface area contributed by atoms with Gasteiger partial charge in [-0.15, -0.1) is 0 Å². The van der Waals surface area contributed by atoms with E-state index in [1.165, 1.54) is 0 Å². The summed E-state index contributed by atoms with van der Waals surface area (Å²) in [6.07, 6.45) is 0. The number of hydrogen-bond donors (Lipinski definition) is 3.